The van der Waals surface area contributed by atoms with Crippen molar-refractivity contribution in [3.8, 4) is 11.4 Å². The number of nitro benzene ring substituents is 1. The SMILES string of the molecule is O=[N+]([O-])c1ccc(-c2noc(CN3CCOC4CCCCC43)n2)cc1. The highest BCUT2D eigenvalue weighted by Crippen LogP contribution is 2.29. The van der Waals surface area contributed by atoms with E-state index in [-0.39, 0.29) is 5.69 Å². The van der Waals surface area contributed by atoms with Gasteiger partial charge in [-0.25, -0.2) is 0 Å². The smallest absolute Gasteiger partial charge is 0.269 e. The Morgan fingerprint density at radius 3 is 2.84 bits per heavy atom. The third-order valence-electron chi connectivity index (χ3n) is 4.99. The molecule has 0 amide bonds. The second kappa shape index (κ2) is 6.89. The monoisotopic (exact) mass is 344 g/mol. The van der Waals surface area contributed by atoms with Crippen molar-refractivity contribution >= 4 is 5.69 Å². The molecule has 2 heterocycles. The second-order valence-electron chi connectivity index (χ2n) is 6.55. The number of aromatic nitrogens is 2. The van der Waals surface area contributed by atoms with E-state index >= 15 is 0 Å². The van der Waals surface area contributed by atoms with Gasteiger partial charge >= 0.3 is 0 Å². The molecule has 8 heteroatoms. The fourth-order valence-corrected chi connectivity index (χ4v) is 3.72. The summed E-state index contributed by atoms with van der Waals surface area (Å²) in [4.78, 5) is 17.1. The van der Waals surface area contributed by atoms with Crippen LogP contribution in [0.3, 0.4) is 0 Å². The van der Waals surface area contributed by atoms with Gasteiger partial charge in [-0.2, -0.15) is 4.98 Å². The van der Waals surface area contributed by atoms with Crippen molar-refractivity contribution in [3.63, 3.8) is 0 Å². The molecule has 0 N–H and O–H groups in total. The standard InChI is InChI=1S/C17H20N4O4/c22-21(23)13-7-5-12(6-8-13)17-18-16(25-19-17)11-20-9-10-24-15-4-2-1-3-14(15)20/h5-8,14-15H,1-4,9-11H2. The number of ether oxygens (including phenoxy) is 1. The van der Waals surface area contributed by atoms with Crippen LogP contribution in [0.5, 0.6) is 0 Å². The van der Waals surface area contributed by atoms with Gasteiger partial charge in [0.2, 0.25) is 11.7 Å². The van der Waals surface area contributed by atoms with Crippen LogP contribution in [-0.2, 0) is 11.3 Å². The minimum Gasteiger partial charge on any atom is -0.375 e. The van der Waals surface area contributed by atoms with Crippen LogP contribution < -0.4 is 0 Å². The molecular formula is C17H20N4O4. The number of nitro groups is 1. The first kappa shape index (κ1) is 16.2. The summed E-state index contributed by atoms with van der Waals surface area (Å²) in [7, 11) is 0. The molecule has 1 saturated heterocycles. The number of morpholine rings is 1. The lowest BCUT2D eigenvalue weighted by Gasteiger charge is -2.43. The number of nitrogens with zero attached hydrogens (tertiary/aromatic N) is 4. The maximum absolute atomic E-state index is 10.7. The molecule has 2 unspecified atom stereocenters. The summed E-state index contributed by atoms with van der Waals surface area (Å²) in [5.41, 5.74) is 0.752. The molecule has 0 spiro atoms. The summed E-state index contributed by atoms with van der Waals surface area (Å²) in [6.07, 6.45) is 5.06. The van der Waals surface area contributed by atoms with Crippen LogP contribution in [0.1, 0.15) is 31.6 Å². The normalized spacial score (nSPS) is 24.0. The lowest BCUT2D eigenvalue weighted by atomic mass is 9.90. The van der Waals surface area contributed by atoms with E-state index in [2.05, 4.69) is 15.0 Å². The summed E-state index contributed by atoms with van der Waals surface area (Å²) in [6.45, 7) is 2.23. The first-order valence-corrected chi connectivity index (χ1v) is 8.64. The summed E-state index contributed by atoms with van der Waals surface area (Å²) in [6, 6.07) is 6.59. The van der Waals surface area contributed by atoms with Crippen LogP contribution in [0.25, 0.3) is 11.4 Å². The van der Waals surface area contributed by atoms with Crippen molar-refractivity contribution in [2.75, 3.05) is 13.2 Å². The molecule has 1 aliphatic heterocycles. The second-order valence-corrected chi connectivity index (χ2v) is 6.55. The van der Waals surface area contributed by atoms with Crippen molar-refractivity contribution in [1.29, 1.82) is 0 Å². The van der Waals surface area contributed by atoms with Crippen LogP contribution in [0.2, 0.25) is 0 Å². The van der Waals surface area contributed by atoms with Gasteiger partial charge in [0, 0.05) is 30.3 Å². The molecule has 2 aromatic rings. The summed E-state index contributed by atoms with van der Waals surface area (Å²) in [5.74, 6) is 1.03. The quantitative estimate of drug-likeness (QED) is 0.621. The zero-order chi connectivity index (χ0) is 17.2. The molecule has 0 bridgehead atoms. The average molecular weight is 344 g/mol. The van der Waals surface area contributed by atoms with E-state index in [1.165, 1.54) is 25.0 Å². The molecule has 25 heavy (non-hydrogen) atoms. The minimum absolute atomic E-state index is 0.0455. The Balaban J connectivity index is 1.46. The van der Waals surface area contributed by atoms with E-state index in [4.69, 9.17) is 9.26 Å². The van der Waals surface area contributed by atoms with Crippen molar-refractivity contribution in [1.82, 2.24) is 15.0 Å². The van der Waals surface area contributed by atoms with Crippen LogP contribution in [0, 0.1) is 10.1 Å². The molecule has 4 rings (SSSR count). The molecule has 1 aromatic heterocycles. The van der Waals surface area contributed by atoms with Crippen molar-refractivity contribution in [3.05, 3.63) is 40.3 Å². The van der Waals surface area contributed by atoms with E-state index in [0.29, 0.717) is 36.0 Å². The van der Waals surface area contributed by atoms with E-state index in [0.717, 1.165) is 26.0 Å². The summed E-state index contributed by atoms with van der Waals surface area (Å²) in [5, 5.41) is 14.7. The van der Waals surface area contributed by atoms with Gasteiger partial charge in [-0.3, -0.25) is 15.0 Å². The fourth-order valence-electron chi connectivity index (χ4n) is 3.72. The lowest BCUT2D eigenvalue weighted by Crippen LogP contribution is -2.52. The Morgan fingerprint density at radius 2 is 2.04 bits per heavy atom. The highest BCUT2D eigenvalue weighted by atomic mass is 16.6. The first-order valence-electron chi connectivity index (χ1n) is 8.64. The van der Waals surface area contributed by atoms with Crippen molar-refractivity contribution in [2.24, 2.45) is 0 Å². The Kier molecular flexibility index (Phi) is 4.46. The molecule has 2 fully saturated rings. The predicted molar refractivity (Wildman–Crippen MR) is 88.8 cm³/mol. The van der Waals surface area contributed by atoms with Crippen LogP contribution >= 0.6 is 0 Å². The lowest BCUT2D eigenvalue weighted by molar-refractivity contribution is -0.384. The third kappa shape index (κ3) is 3.40. The first-order chi connectivity index (χ1) is 12.2. The molecule has 2 atom stereocenters. The summed E-state index contributed by atoms with van der Waals surface area (Å²) < 4.78 is 11.3. The van der Waals surface area contributed by atoms with Gasteiger partial charge in [0.25, 0.3) is 5.69 Å². The number of non-ortho nitro benzene ring substituents is 1. The Morgan fingerprint density at radius 1 is 1.24 bits per heavy atom. The topological polar surface area (TPSA) is 94.5 Å². The minimum atomic E-state index is -0.426. The van der Waals surface area contributed by atoms with Crippen molar-refractivity contribution in [2.45, 2.75) is 44.4 Å². The molecular weight excluding hydrogens is 324 g/mol. The van der Waals surface area contributed by atoms with Gasteiger partial charge in [-0.05, 0) is 25.0 Å². The molecule has 132 valence electrons. The molecule has 1 saturated carbocycles. The van der Waals surface area contributed by atoms with Gasteiger partial charge in [0.05, 0.1) is 24.2 Å². The average Bonchev–Trinajstić information content (AvgIpc) is 3.11. The molecule has 2 aliphatic rings. The van der Waals surface area contributed by atoms with Gasteiger partial charge < -0.3 is 9.26 Å². The molecule has 8 nitrogen and oxygen atoms in total. The molecule has 0 radical (unpaired) electrons. The van der Waals surface area contributed by atoms with E-state index in [9.17, 15) is 10.1 Å². The van der Waals surface area contributed by atoms with E-state index < -0.39 is 4.92 Å². The zero-order valence-electron chi connectivity index (χ0n) is 13.8. The Bertz CT molecular complexity index is 743. The molecule has 1 aliphatic carbocycles. The number of hydrogen-bond donors (Lipinski definition) is 0. The van der Waals surface area contributed by atoms with Crippen LogP contribution in [-0.4, -0.2) is 45.3 Å². The number of rotatable bonds is 4. The predicted octanol–water partition coefficient (Wildman–Crippen LogP) is 2.79. The van der Waals surface area contributed by atoms with E-state index in [1.807, 2.05) is 0 Å². The maximum Gasteiger partial charge on any atom is 0.269 e. The van der Waals surface area contributed by atoms with Crippen molar-refractivity contribution < 1.29 is 14.2 Å². The maximum atomic E-state index is 10.7. The third-order valence-corrected chi connectivity index (χ3v) is 4.99. The van der Waals surface area contributed by atoms with Crippen LogP contribution in [0.4, 0.5) is 5.69 Å². The van der Waals surface area contributed by atoms with Gasteiger partial charge in [-0.1, -0.05) is 18.0 Å². The Hall–Kier alpha value is -2.32. The van der Waals surface area contributed by atoms with Gasteiger partial charge in [-0.15, -0.1) is 0 Å². The molecule has 1 aromatic carbocycles. The number of hydrogen-bond acceptors (Lipinski definition) is 7. The highest BCUT2D eigenvalue weighted by Gasteiger charge is 2.34. The van der Waals surface area contributed by atoms with Gasteiger partial charge in [0.1, 0.15) is 0 Å². The van der Waals surface area contributed by atoms with E-state index in [1.54, 1.807) is 12.1 Å². The highest BCUT2D eigenvalue weighted by molar-refractivity contribution is 5.56. The van der Waals surface area contributed by atoms with Crippen LogP contribution in [0.15, 0.2) is 28.8 Å². The largest absolute Gasteiger partial charge is 0.375 e. The fraction of sp³-hybridized carbons (Fsp3) is 0.529. The number of fused-ring (bicyclic) bond motifs is 1. The Labute approximate surface area is 144 Å². The van der Waals surface area contributed by atoms with Gasteiger partial charge in [0.15, 0.2) is 0 Å². The summed E-state index contributed by atoms with van der Waals surface area (Å²) >= 11 is 0. The zero-order valence-corrected chi connectivity index (χ0v) is 13.8. The number of benzene rings is 1.